The van der Waals surface area contributed by atoms with E-state index < -0.39 is 6.29 Å². The highest BCUT2D eigenvalue weighted by molar-refractivity contribution is 5.97. The average molecular weight is 216 g/mol. The van der Waals surface area contributed by atoms with E-state index in [0.29, 0.717) is 12.5 Å². The van der Waals surface area contributed by atoms with Gasteiger partial charge in [0.25, 0.3) is 0 Å². The molecule has 4 rings (SSSR count). The third-order valence-electron chi connectivity index (χ3n) is 4.12. The SMILES string of the molecule is O=C1[C@@H]2OC[C@@H](O2)[C@H]2C[C@@]12c1ccccc1. The Hall–Kier alpha value is -1.19. The van der Waals surface area contributed by atoms with Crippen molar-refractivity contribution in [2.45, 2.75) is 24.2 Å². The van der Waals surface area contributed by atoms with Gasteiger partial charge in [-0.05, 0) is 12.0 Å². The minimum Gasteiger partial charge on any atom is -0.343 e. The van der Waals surface area contributed by atoms with Crippen LogP contribution in [0.4, 0.5) is 0 Å². The van der Waals surface area contributed by atoms with Crippen molar-refractivity contribution in [2.24, 2.45) is 5.92 Å². The molecular weight excluding hydrogens is 204 g/mol. The number of hydrogen-bond acceptors (Lipinski definition) is 3. The Morgan fingerprint density at radius 1 is 1.25 bits per heavy atom. The van der Waals surface area contributed by atoms with Crippen LogP contribution in [-0.4, -0.2) is 24.8 Å². The van der Waals surface area contributed by atoms with Gasteiger partial charge in [-0.2, -0.15) is 0 Å². The lowest BCUT2D eigenvalue weighted by Gasteiger charge is -2.25. The minimum absolute atomic E-state index is 0.123. The Labute approximate surface area is 93.4 Å². The molecule has 4 atom stereocenters. The van der Waals surface area contributed by atoms with E-state index in [0.717, 1.165) is 12.0 Å². The topological polar surface area (TPSA) is 35.5 Å². The highest BCUT2D eigenvalue weighted by Gasteiger charge is 2.70. The summed E-state index contributed by atoms with van der Waals surface area (Å²) in [5, 5.41) is 0. The molecule has 0 spiro atoms. The number of fused-ring (bicyclic) bond motifs is 4. The van der Waals surface area contributed by atoms with Gasteiger partial charge in [0.1, 0.15) is 0 Å². The number of ether oxygens (including phenoxy) is 2. The predicted octanol–water partition coefficient (Wildman–Crippen LogP) is 1.27. The van der Waals surface area contributed by atoms with Gasteiger partial charge in [-0.1, -0.05) is 30.3 Å². The molecule has 2 heterocycles. The number of ketones is 1. The maximum absolute atomic E-state index is 12.3. The van der Waals surface area contributed by atoms with Crippen molar-refractivity contribution in [1.82, 2.24) is 0 Å². The lowest BCUT2D eigenvalue weighted by Crippen LogP contribution is -2.40. The van der Waals surface area contributed by atoms with Crippen molar-refractivity contribution in [3.63, 3.8) is 0 Å². The molecule has 3 nitrogen and oxygen atoms in total. The van der Waals surface area contributed by atoms with Gasteiger partial charge in [-0.15, -0.1) is 0 Å². The fourth-order valence-corrected chi connectivity index (χ4v) is 3.21. The molecule has 0 N–H and O–H groups in total. The first-order valence-corrected chi connectivity index (χ1v) is 5.69. The fraction of sp³-hybridized carbons (Fsp3) is 0.462. The van der Waals surface area contributed by atoms with Gasteiger partial charge >= 0.3 is 0 Å². The Morgan fingerprint density at radius 2 is 2.06 bits per heavy atom. The lowest BCUT2D eigenvalue weighted by atomic mass is 9.86. The van der Waals surface area contributed by atoms with Gasteiger partial charge in [0.05, 0.1) is 18.1 Å². The molecule has 82 valence electrons. The molecule has 2 saturated heterocycles. The van der Waals surface area contributed by atoms with Crippen LogP contribution in [0.2, 0.25) is 0 Å². The van der Waals surface area contributed by atoms with Crippen LogP contribution < -0.4 is 0 Å². The highest BCUT2D eigenvalue weighted by Crippen LogP contribution is 2.62. The van der Waals surface area contributed by atoms with E-state index in [1.807, 2.05) is 30.3 Å². The van der Waals surface area contributed by atoms with Crippen LogP contribution in [0.15, 0.2) is 30.3 Å². The fourth-order valence-electron chi connectivity index (χ4n) is 3.21. The molecule has 1 aromatic carbocycles. The zero-order valence-corrected chi connectivity index (χ0v) is 8.76. The highest BCUT2D eigenvalue weighted by atomic mass is 16.7. The van der Waals surface area contributed by atoms with Crippen molar-refractivity contribution >= 4 is 5.78 Å². The van der Waals surface area contributed by atoms with Crippen LogP contribution in [-0.2, 0) is 19.7 Å². The molecule has 0 amide bonds. The molecule has 16 heavy (non-hydrogen) atoms. The van der Waals surface area contributed by atoms with E-state index in [2.05, 4.69) is 0 Å². The Balaban J connectivity index is 1.82. The Morgan fingerprint density at radius 3 is 2.88 bits per heavy atom. The van der Waals surface area contributed by atoms with E-state index in [-0.39, 0.29) is 17.3 Å². The summed E-state index contributed by atoms with van der Waals surface area (Å²) in [6.45, 7) is 0.579. The average Bonchev–Trinajstić information content (AvgIpc) is 2.95. The number of rotatable bonds is 1. The molecule has 3 aliphatic rings. The number of hydrogen-bond donors (Lipinski definition) is 0. The molecule has 0 aromatic heterocycles. The molecule has 3 heteroatoms. The molecule has 1 aromatic rings. The first kappa shape index (κ1) is 8.90. The van der Waals surface area contributed by atoms with Crippen molar-refractivity contribution < 1.29 is 14.3 Å². The van der Waals surface area contributed by atoms with Gasteiger partial charge < -0.3 is 9.47 Å². The van der Waals surface area contributed by atoms with Crippen LogP contribution in [0, 0.1) is 5.92 Å². The summed E-state index contributed by atoms with van der Waals surface area (Å²) in [7, 11) is 0. The molecule has 0 unspecified atom stereocenters. The van der Waals surface area contributed by atoms with Crippen molar-refractivity contribution in [2.75, 3.05) is 6.61 Å². The summed E-state index contributed by atoms with van der Waals surface area (Å²) in [5.74, 6) is 0.457. The number of Topliss-reactive ketones (excluding diaryl/α,β-unsaturated/α-hetero) is 1. The molecule has 2 bridgehead atoms. The standard InChI is InChI=1S/C13H12O3/c14-11-12-15-7-10(16-12)9-6-13(9,11)8-4-2-1-3-5-8/h1-5,9-10,12H,6-7H2/t9-,10-,12-,13+/m1/s1. The van der Waals surface area contributed by atoms with Gasteiger partial charge in [0.2, 0.25) is 6.29 Å². The van der Waals surface area contributed by atoms with E-state index in [4.69, 9.17) is 9.47 Å². The first-order chi connectivity index (χ1) is 7.82. The minimum atomic E-state index is -0.607. The maximum atomic E-state index is 12.3. The lowest BCUT2D eigenvalue weighted by molar-refractivity contribution is -0.155. The van der Waals surface area contributed by atoms with Gasteiger partial charge in [-0.25, -0.2) is 0 Å². The van der Waals surface area contributed by atoms with Crippen molar-refractivity contribution in [3.05, 3.63) is 35.9 Å². The first-order valence-electron chi connectivity index (χ1n) is 5.69. The van der Waals surface area contributed by atoms with Crippen LogP contribution in [0.3, 0.4) is 0 Å². The van der Waals surface area contributed by atoms with Crippen LogP contribution in [0.1, 0.15) is 12.0 Å². The number of benzene rings is 1. The zero-order chi connectivity index (χ0) is 10.8. The Kier molecular flexibility index (Phi) is 1.52. The number of carbonyl (C=O) groups is 1. The second-order valence-corrected chi connectivity index (χ2v) is 4.85. The van der Waals surface area contributed by atoms with E-state index in [1.54, 1.807) is 0 Å². The van der Waals surface area contributed by atoms with Crippen LogP contribution in [0.5, 0.6) is 0 Å². The third kappa shape index (κ3) is 0.890. The van der Waals surface area contributed by atoms with Gasteiger partial charge in [0, 0.05) is 5.92 Å². The monoisotopic (exact) mass is 216 g/mol. The van der Waals surface area contributed by atoms with E-state index >= 15 is 0 Å². The summed E-state index contributed by atoms with van der Waals surface area (Å²) in [6.07, 6.45) is 0.451. The Bertz CT molecular complexity index is 456. The molecule has 3 fully saturated rings. The number of carbonyl (C=O) groups excluding carboxylic acids is 1. The summed E-state index contributed by atoms with van der Waals surface area (Å²) in [5.41, 5.74) is 0.847. The van der Waals surface area contributed by atoms with Crippen molar-refractivity contribution in [1.29, 1.82) is 0 Å². The maximum Gasteiger partial charge on any atom is 0.219 e. The summed E-state index contributed by atoms with van der Waals surface area (Å²) in [6, 6.07) is 10.0. The van der Waals surface area contributed by atoms with Crippen LogP contribution >= 0.6 is 0 Å². The summed E-state index contributed by atoms with van der Waals surface area (Å²) in [4.78, 5) is 12.3. The second-order valence-electron chi connectivity index (χ2n) is 4.85. The third-order valence-corrected chi connectivity index (χ3v) is 4.12. The normalized spacial score (nSPS) is 44.2. The molecule has 0 radical (unpaired) electrons. The van der Waals surface area contributed by atoms with Gasteiger partial charge in [-0.3, -0.25) is 4.79 Å². The largest absolute Gasteiger partial charge is 0.343 e. The molecular formula is C13H12O3. The molecule has 1 aliphatic carbocycles. The molecule has 2 aliphatic heterocycles. The zero-order valence-electron chi connectivity index (χ0n) is 8.76. The smallest absolute Gasteiger partial charge is 0.219 e. The quantitative estimate of drug-likeness (QED) is 0.709. The van der Waals surface area contributed by atoms with Gasteiger partial charge in [0.15, 0.2) is 5.78 Å². The van der Waals surface area contributed by atoms with Crippen LogP contribution in [0.25, 0.3) is 0 Å². The van der Waals surface area contributed by atoms with E-state index in [1.165, 1.54) is 0 Å². The molecule has 1 saturated carbocycles. The summed E-state index contributed by atoms with van der Waals surface area (Å²) < 4.78 is 10.9. The van der Waals surface area contributed by atoms with Crippen molar-refractivity contribution in [3.8, 4) is 0 Å². The predicted molar refractivity (Wildman–Crippen MR) is 55.8 cm³/mol. The second kappa shape index (κ2) is 2.73. The summed E-state index contributed by atoms with van der Waals surface area (Å²) >= 11 is 0. The van der Waals surface area contributed by atoms with E-state index in [9.17, 15) is 4.79 Å².